The van der Waals surface area contributed by atoms with Crippen molar-refractivity contribution in [2.75, 3.05) is 18.0 Å². The zero-order chi connectivity index (χ0) is 16.8. The Morgan fingerprint density at radius 2 is 2.25 bits per heavy atom. The molecule has 3 aromatic rings. The predicted octanol–water partition coefficient (Wildman–Crippen LogP) is 1.02. The molecular weight excluding hydrogens is 310 g/mol. The van der Waals surface area contributed by atoms with Gasteiger partial charge in [0.2, 0.25) is 0 Å². The Morgan fingerprint density at radius 3 is 3.00 bits per heavy atom. The number of anilines is 1. The van der Waals surface area contributed by atoms with Crippen molar-refractivity contribution in [2.45, 2.75) is 19.4 Å². The summed E-state index contributed by atoms with van der Waals surface area (Å²) in [5.74, 6) is -1.06. The van der Waals surface area contributed by atoms with E-state index in [1.807, 2.05) is 20.0 Å². The summed E-state index contributed by atoms with van der Waals surface area (Å²) >= 11 is 0. The number of aromatic nitrogens is 6. The van der Waals surface area contributed by atoms with E-state index in [9.17, 15) is 4.79 Å². The van der Waals surface area contributed by atoms with Crippen molar-refractivity contribution in [2.24, 2.45) is 7.05 Å². The van der Waals surface area contributed by atoms with Gasteiger partial charge >= 0.3 is 5.97 Å². The Hall–Kier alpha value is -2.97. The summed E-state index contributed by atoms with van der Waals surface area (Å²) in [7, 11) is 1.89. The molecule has 4 heterocycles. The van der Waals surface area contributed by atoms with Gasteiger partial charge in [0, 0.05) is 26.3 Å². The average molecular weight is 327 g/mol. The molecule has 1 fully saturated rings. The molecule has 1 N–H and O–H groups in total. The number of carboxylic acids is 1. The first-order chi connectivity index (χ1) is 11.5. The molecule has 0 spiro atoms. The topological polar surface area (TPSA) is 102 Å². The number of carboxylic acid groups (broad SMARTS) is 1. The molecule has 124 valence electrons. The average Bonchev–Trinajstić information content (AvgIpc) is 3.27. The van der Waals surface area contributed by atoms with Crippen LogP contribution in [0.1, 0.15) is 28.6 Å². The molecule has 1 aliphatic heterocycles. The lowest BCUT2D eigenvalue weighted by atomic mass is 10.2. The van der Waals surface area contributed by atoms with E-state index in [1.54, 1.807) is 15.6 Å². The Balaban J connectivity index is 1.64. The van der Waals surface area contributed by atoms with Crippen LogP contribution in [0.2, 0.25) is 0 Å². The number of hydrogen-bond donors (Lipinski definition) is 1. The van der Waals surface area contributed by atoms with Crippen molar-refractivity contribution in [1.82, 2.24) is 29.8 Å². The minimum absolute atomic E-state index is 0.0251. The third-order valence-corrected chi connectivity index (χ3v) is 4.48. The number of hydrogen-bond acceptors (Lipinski definition) is 6. The van der Waals surface area contributed by atoms with Gasteiger partial charge in [0.05, 0.1) is 29.0 Å². The lowest BCUT2D eigenvalue weighted by Gasteiger charge is -2.19. The van der Waals surface area contributed by atoms with Crippen LogP contribution >= 0.6 is 0 Å². The van der Waals surface area contributed by atoms with Gasteiger partial charge in [0.25, 0.3) is 0 Å². The van der Waals surface area contributed by atoms with E-state index in [-0.39, 0.29) is 11.7 Å². The maximum absolute atomic E-state index is 11.0. The first-order valence-corrected chi connectivity index (χ1v) is 7.73. The van der Waals surface area contributed by atoms with Gasteiger partial charge in [-0.25, -0.2) is 14.5 Å². The normalized spacial score (nSPS) is 17.8. The van der Waals surface area contributed by atoms with Crippen molar-refractivity contribution in [1.29, 1.82) is 0 Å². The van der Waals surface area contributed by atoms with Gasteiger partial charge in [-0.05, 0) is 19.4 Å². The largest absolute Gasteiger partial charge is 0.476 e. The molecule has 1 unspecified atom stereocenters. The molecule has 24 heavy (non-hydrogen) atoms. The van der Waals surface area contributed by atoms with Gasteiger partial charge in [-0.3, -0.25) is 4.68 Å². The second kappa shape index (κ2) is 5.29. The van der Waals surface area contributed by atoms with E-state index in [4.69, 9.17) is 5.11 Å². The molecule has 0 aliphatic carbocycles. The monoisotopic (exact) mass is 327 g/mol. The zero-order valence-electron chi connectivity index (χ0n) is 13.4. The predicted molar refractivity (Wildman–Crippen MR) is 86.1 cm³/mol. The number of fused-ring (bicyclic) bond motifs is 1. The number of rotatable bonds is 3. The molecular formula is C15H17N7O2. The van der Waals surface area contributed by atoms with Crippen LogP contribution in [0.15, 0.2) is 18.5 Å². The van der Waals surface area contributed by atoms with Crippen LogP contribution in [-0.4, -0.2) is 53.9 Å². The molecule has 0 amide bonds. The van der Waals surface area contributed by atoms with Crippen LogP contribution in [-0.2, 0) is 7.05 Å². The Labute approximate surface area is 137 Å². The maximum atomic E-state index is 11.0. The fraction of sp³-hybridized carbons (Fsp3) is 0.400. The van der Waals surface area contributed by atoms with Crippen molar-refractivity contribution in [3.63, 3.8) is 0 Å². The van der Waals surface area contributed by atoms with E-state index in [2.05, 4.69) is 25.3 Å². The lowest BCUT2D eigenvalue weighted by molar-refractivity contribution is 0.0690. The number of aromatic carboxylic acids is 1. The van der Waals surface area contributed by atoms with E-state index in [1.165, 1.54) is 6.20 Å². The minimum Gasteiger partial charge on any atom is -0.476 e. The second-order valence-electron chi connectivity index (χ2n) is 6.02. The number of aryl methyl sites for hydroxylation is 2. The van der Waals surface area contributed by atoms with E-state index < -0.39 is 5.97 Å². The summed E-state index contributed by atoms with van der Waals surface area (Å²) in [6, 6.07) is 2.11. The molecule has 3 aromatic heterocycles. The van der Waals surface area contributed by atoms with E-state index in [0.717, 1.165) is 41.9 Å². The lowest BCUT2D eigenvalue weighted by Crippen LogP contribution is -2.21. The highest BCUT2D eigenvalue weighted by Gasteiger charge is 2.28. The Kier molecular flexibility index (Phi) is 3.22. The molecule has 1 saturated heterocycles. The van der Waals surface area contributed by atoms with Gasteiger partial charge in [-0.1, -0.05) is 5.21 Å². The van der Waals surface area contributed by atoms with Crippen molar-refractivity contribution in [3.8, 4) is 0 Å². The number of nitrogens with zero attached hydrogens (tertiary/aromatic N) is 7. The third-order valence-electron chi connectivity index (χ3n) is 4.48. The minimum atomic E-state index is -1.06. The van der Waals surface area contributed by atoms with Crippen LogP contribution in [0.3, 0.4) is 0 Å². The van der Waals surface area contributed by atoms with Crippen LogP contribution in [0.5, 0.6) is 0 Å². The zero-order valence-corrected chi connectivity index (χ0v) is 13.4. The SMILES string of the molecule is Cc1nn(C)c2nccc(N3CCC(n4cc(C(=O)O)nn4)C3)c12. The molecule has 4 rings (SSSR count). The summed E-state index contributed by atoms with van der Waals surface area (Å²) in [5, 5.41) is 22.2. The highest BCUT2D eigenvalue weighted by molar-refractivity contribution is 5.92. The van der Waals surface area contributed by atoms with Gasteiger partial charge < -0.3 is 10.0 Å². The number of pyridine rings is 1. The quantitative estimate of drug-likeness (QED) is 0.766. The summed E-state index contributed by atoms with van der Waals surface area (Å²) in [6.07, 6.45) is 4.17. The smallest absolute Gasteiger partial charge is 0.358 e. The molecule has 9 heteroatoms. The first kappa shape index (κ1) is 14.6. The van der Waals surface area contributed by atoms with Crippen molar-refractivity contribution >= 4 is 22.7 Å². The fourth-order valence-electron chi connectivity index (χ4n) is 3.35. The van der Waals surface area contributed by atoms with E-state index in [0.29, 0.717) is 0 Å². The van der Waals surface area contributed by atoms with Gasteiger partial charge in [0.1, 0.15) is 0 Å². The Bertz CT molecular complexity index is 929. The van der Waals surface area contributed by atoms with Gasteiger partial charge in [-0.2, -0.15) is 5.10 Å². The maximum Gasteiger partial charge on any atom is 0.358 e. The first-order valence-electron chi connectivity index (χ1n) is 7.73. The highest BCUT2D eigenvalue weighted by Crippen LogP contribution is 2.32. The van der Waals surface area contributed by atoms with E-state index >= 15 is 0 Å². The standard InChI is InChI=1S/C15H17N7O2/c1-9-13-12(3-5-16-14(13)20(2)18-9)21-6-4-10(7-21)22-8-11(15(23)24)17-19-22/h3,5,8,10H,4,6-7H2,1-2H3,(H,23,24). The highest BCUT2D eigenvalue weighted by atomic mass is 16.4. The molecule has 0 aromatic carbocycles. The van der Waals surface area contributed by atoms with Crippen LogP contribution in [0.4, 0.5) is 5.69 Å². The number of carbonyl (C=O) groups is 1. The summed E-state index contributed by atoms with van der Waals surface area (Å²) in [4.78, 5) is 17.6. The van der Waals surface area contributed by atoms with Gasteiger partial charge in [-0.15, -0.1) is 5.10 Å². The molecule has 9 nitrogen and oxygen atoms in total. The van der Waals surface area contributed by atoms with Crippen LogP contribution in [0.25, 0.3) is 11.0 Å². The Morgan fingerprint density at radius 1 is 1.42 bits per heavy atom. The van der Waals surface area contributed by atoms with Crippen molar-refractivity contribution in [3.05, 3.63) is 29.8 Å². The second-order valence-corrected chi connectivity index (χ2v) is 6.02. The third kappa shape index (κ3) is 2.20. The molecule has 1 atom stereocenters. The molecule has 0 bridgehead atoms. The van der Waals surface area contributed by atoms with Crippen molar-refractivity contribution < 1.29 is 9.90 Å². The summed E-state index contributed by atoms with van der Waals surface area (Å²) < 4.78 is 3.44. The molecule has 0 radical (unpaired) electrons. The molecule has 1 aliphatic rings. The molecule has 0 saturated carbocycles. The fourth-order valence-corrected chi connectivity index (χ4v) is 3.35. The van der Waals surface area contributed by atoms with Crippen LogP contribution in [0, 0.1) is 6.92 Å². The summed E-state index contributed by atoms with van der Waals surface area (Å²) in [5.41, 5.74) is 2.89. The van der Waals surface area contributed by atoms with Gasteiger partial charge in [0.15, 0.2) is 11.3 Å². The summed E-state index contributed by atoms with van der Waals surface area (Å²) in [6.45, 7) is 3.59. The van der Waals surface area contributed by atoms with Crippen LogP contribution < -0.4 is 4.90 Å².